The van der Waals surface area contributed by atoms with Gasteiger partial charge in [0, 0.05) is 25.5 Å². The minimum absolute atomic E-state index is 0.00401. The van der Waals surface area contributed by atoms with E-state index in [-0.39, 0.29) is 12.0 Å². The standard InChI is InChI=1S/C14H18N4O2/c1-4-20-13(19)9-10(2)18(3)12-6-5-11-14(17-12)16-8-7-15-11/h5-8,10H,4,9H2,1-3H3. The Kier molecular flexibility index (Phi) is 4.45. The molecule has 2 rings (SSSR count). The van der Waals surface area contributed by atoms with E-state index in [2.05, 4.69) is 15.0 Å². The molecule has 0 fully saturated rings. The van der Waals surface area contributed by atoms with Crippen LogP contribution < -0.4 is 4.90 Å². The first-order valence-electron chi connectivity index (χ1n) is 6.58. The predicted molar refractivity (Wildman–Crippen MR) is 76.4 cm³/mol. The molecule has 2 heterocycles. The van der Waals surface area contributed by atoms with E-state index in [1.807, 2.05) is 31.0 Å². The first-order valence-corrected chi connectivity index (χ1v) is 6.58. The first-order chi connectivity index (χ1) is 9.61. The van der Waals surface area contributed by atoms with E-state index in [1.54, 1.807) is 19.3 Å². The molecule has 1 unspecified atom stereocenters. The molecule has 2 aromatic heterocycles. The van der Waals surface area contributed by atoms with Gasteiger partial charge in [0.2, 0.25) is 0 Å². The lowest BCUT2D eigenvalue weighted by atomic mass is 10.2. The topological polar surface area (TPSA) is 68.2 Å². The molecule has 0 spiro atoms. The van der Waals surface area contributed by atoms with Crippen molar-refractivity contribution in [1.82, 2.24) is 15.0 Å². The van der Waals surface area contributed by atoms with Gasteiger partial charge in [0.15, 0.2) is 5.65 Å². The molecule has 0 saturated carbocycles. The van der Waals surface area contributed by atoms with Gasteiger partial charge < -0.3 is 9.64 Å². The quantitative estimate of drug-likeness (QED) is 0.774. The molecule has 2 aromatic rings. The SMILES string of the molecule is CCOC(=O)CC(C)N(C)c1ccc2nccnc2n1. The van der Waals surface area contributed by atoms with E-state index in [4.69, 9.17) is 4.74 Å². The van der Waals surface area contributed by atoms with Crippen LogP contribution in [0.1, 0.15) is 20.3 Å². The molecule has 0 aromatic carbocycles. The lowest BCUT2D eigenvalue weighted by Crippen LogP contribution is -2.32. The molecule has 106 valence electrons. The molecule has 0 N–H and O–H groups in total. The second-order valence-corrected chi connectivity index (χ2v) is 4.54. The maximum absolute atomic E-state index is 11.5. The number of carbonyl (C=O) groups is 1. The molecule has 0 aliphatic heterocycles. The summed E-state index contributed by atoms with van der Waals surface area (Å²) < 4.78 is 4.96. The van der Waals surface area contributed by atoms with Crippen LogP contribution in [0.3, 0.4) is 0 Å². The first kappa shape index (κ1) is 14.2. The zero-order valence-electron chi connectivity index (χ0n) is 11.9. The zero-order valence-corrected chi connectivity index (χ0v) is 11.9. The largest absolute Gasteiger partial charge is 0.466 e. The van der Waals surface area contributed by atoms with Gasteiger partial charge in [-0.2, -0.15) is 0 Å². The number of esters is 1. The fraction of sp³-hybridized carbons (Fsp3) is 0.429. The summed E-state index contributed by atoms with van der Waals surface area (Å²) in [6, 6.07) is 3.74. The lowest BCUT2D eigenvalue weighted by molar-refractivity contribution is -0.143. The Morgan fingerprint density at radius 2 is 2.10 bits per heavy atom. The molecule has 0 bridgehead atoms. The van der Waals surface area contributed by atoms with E-state index < -0.39 is 0 Å². The molecule has 20 heavy (non-hydrogen) atoms. The van der Waals surface area contributed by atoms with Crippen molar-refractivity contribution in [3.05, 3.63) is 24.5 Å². The highest BCUT2D eigenvalue weighted by atomic mass is 16.5. The number of pyridine rings is 1. The van der Waals surface area contributed by atoms with Gasteiger partial charge in [0.1, 0.15) is 11.3 Å². The molecular formula is C14H18N4O2. The Balaban J connectivity index is 2.13. The third-order valence-corrected chi connectivity index (χ3v) is 3.11. The number of anilines is 1. The predicted octanol–water partition coefficient (Wildman–Crippen LogP) is 1.80. The van der Waals surface area contributed by atoms with E-state index in [0.717, 1.165) is 11.3 Å². The number of fused-ring (bicyclic) bond motifs is 1. The fourth-order valence-electron chi connectivity index (χ4n) is 1.86. The summed E-state index contributed by atoms with van der Waals surface area (Å²) in [6.45, 7) is 4.16. The van der Waals surface area contributed by atoms with Gasteiger partial charge in [0.05, 0.1) is 13.0 Å². The number of aromatic nitrogens is 3. The zero-order chi connectivity index (χ0) is 14.5. The van der Waals surface area contributed by atoms with Crippen molar-refractivity contribution >= 4 is 23.0 Å². The molecule has 0 aliphatic rings. The Labute approximate surface area is 117 Å². The molecule has 6 heteroatoms. The second-order valence-electron chi connectivity index (χ2n) is 4.54. The van der Waals surface area contributed by atoms with Crippen molar-refractivity contribution in [3.8, 4) is 0 Å². The van der Waals surface area contributed by atoms with Crippen LogP contribution in [0.15, 0.2) is 24.5 Å². The molecular weight excluding hydrogens is 256 g/mol. The Hall–Kier alpha value is -2.24. The van der Waals surface area contributed by atoms with Gasteiger partial charge in [-0.1, -0.05) is 0 Å². The van der Waals surface area contributed by atoms with Crippen molar-refractivity contribution in [2.45, 2.75) is 26.3 Å². The summed E-state index contributed by atoms with van der Waals surface area (Å²) in [5.41, 5.74) is 1.35. The highest BCUT2D eigenvalue weighted by Crippen LogP contribution is 2.17. The van der Waals surface area contributed by atoms with E-state index in [1.165, 1.54) is 0 Å². The summed E-state index contributed by atoms with van der Waals surface area (Å²) in [5.74, 6) is 0.558. The summed E-state index contributed by atoms with van der Waals surface area (Å²) in [6.07, 6.45) is 3.57. The van der Waals surface area contributed by atoms with Gasteiger partial charge in [-0.15, -0.1) is 0 Å². The number of hydrogen-bond acceptors (Lipinski definition) is 6. The van der Waals surface area contributed by atoms with Crippen molar-refractivity contribution in [2.24, 2.45) is 0 Å². The van der Waals surface area contributed by atoms with E-state index >= 15 is 0 Å². The summed E-state index contributed by atoms with van der Waals surface area (Å²) in [5, 5.41) is 0. The molecule has 0 radical (unpaired) electrons. The highest BCUT2D eigenvalue weighted by molar-refractivity contribution is 5.73. The number of carbonyl (C=O) groups excluding carboxylic acids is 1. The average Bonchev–Trinajstić information content (AvgIpc) is 2.46. The molecule has 1 atom stereocenters. The van der Waals surface area contributed by atoms with E-state index in [9.17, 15) is 4.79 Å². The Morgan fingerprint density at radius 1 is 1.35 bits per heavy atom. The monoisotopic (exact) mass is 274 g/mol. The number of hydrogen-bond donors (Lipinski definition) is 0. The maximum atomic E-state index is 11.5. The minimum atomic E-state index is -0.201. The van der Waals surface area contributed by atoms with Crippen LogP contribution in [-0.4, -0.2) is 40.6 Å². The smallest absolute Gasteiger partial charge is 0.307 e. The third kappa shape index (κ3) is 3.20. The Morgan fingerprint density at radius 3 is 2.85 bits per heavy atom. The number of nitrogens with zero attached hydrogens (tertiary/aromatic N) is 4. The maximum Gasteiger partial charge on any atom is 0.307 e. The van der Waals surface area contributed by atoms with Crippen LogP contribution in [0.25, 0.3) is 11.2 Å². The van der Waals surface area contributed by atoms with Crippen LogP contribution in [-0.2, 0) is 9.53 Å². The van der Waals surface area contributed by atoms with Gasteiger partial charge in [0.25, 0.3) is 0 Å². The minimum Gasteiger partial charge on any atom is -0.466 e. The van der Waals surface area contributed by atoms with Crippen molar-refractivity contribution in [2.75, 3.05) is 18.6 Å². The van der Waals surface area contributed by atoms with Crippen molar-refractivity contribution < 1.29 is 9.53 Å². The number of ether oxygens (including phenoxy) is 1. The third-order valence-electron chi connectivity index (χ3n) is 3.11. The highest BCUT2D eigenvalue weighted by Gasteiger charge is 2.16. The summed E-state index contributed by atoms with van der Waals surface area (Å²) >= 11 is 0. The normalized spacial score (nSPS) is 12.2. The van der Waals surface area contributed by atoms with Crippen molar-refractivity contribution in [1.29, 1.82) is 0 Å². The molecule has 0 aliphatic carbocycles. The van der Waals surface area contributed by atoms with Crippen LogP contribution in [0.5, 0.6) is 0 Å². The molecule has 0 amide bonds. The second kappa shape index (κ2) is 6.27. The molecule has 0 saturated heterocycles. The fourth-order valence-corrected chi connectivity index (χ4v) is 1.86. The summed E-state index contributed by atoms with van der Waals surface area (Å²) in [7, 11) is 1.90. The van der Waals surface area contributed by atoms with Crippen LogP contribution in [0.2, 0.25) is 0 Å². The summed E-state index contributed by atoms with van der Waals surface area (Å²) in [4.78, 5) is 26.3. The Bertz CT molecular complexity index is 602. The average molecular weight is 274 g/mol. The van der Waals surface area contributed by atoms with Crippen LogP contribution >= 0.6 is 0 Å². The van der Waals surface area contributed by atoms with E-state index in [0.29, 0.717) is 18.7 Å². The molecule has 6 nitrogen and oxygen atoms in total. The van der Waals surface area contributed by atoms with Gasteiger partial charge in [-0.3, -0.25) is 9.78 Å². The lowest BCUT2D eigenvalue weighted by Gasteiger charge is -2.25. The van der Waals surface area contributed by atoms with Gasteiger partial charge >= 0.3 is 5.97 Å². The van der Waals surface area contributed by atoms with Gasteiger partial charge in [-0.25, -0.2) is 9.97 Å². The van der Waals surface area contributed by atoms with Crippen LogP contribution in [0.4, 0.5) is 5.82 Å². The van der Waals surface area contributed by atoms with Crippen molar-refractivity contribution in [3.63, 3.8) is 0 Å². The number of rotatable bonds is 5. The van der Waals surface area contributed by atoms with Gasteiger partial charge in [-0.05, 0) is 26.0 Å². The van der Waals surface area contributed by atoms with Crippen LogP contribution in [0, 0.1) is 0 Å².